The number of carbonyl (C=O) groups excluding carboxylic acids is 1. The molecule has 6 nitrogen and oxygen atoms in total. The van der Waals surface area contributed by atoms with Gasteiger partial charge in [0.25, 0.3) is 0 Å². The highest BCUT2D eigenvalue weighted by atomic mass is 32.2. The zero-order valence-electron chi connectivity index (χ0n) is 15.1. The van der Waals surface area contributed by atoms with E-state index in [9.17, 15) is 4.79 Å². The normalized spacial score (nSPS) is 11.2. The zero-order chi connectivity index (χ0) is 18.5. The molecule has 26 heavy (non-hydrogen) atoms. The molecule has 1 amide bonds. The van der Waals surface area contributed by atoms with Crippen molar-refractivity contribution < 1.29 is 9.21 Å². The number of thiophene rings is 1. The van der Waals surface area contributed by atoms with Gasteiger partial charge in [0.15, 0.2) is 11.0 Å². The molecule has 0 unspecified atom stereocenters. The Morgan fingerprint density at radius 2 is 2.27 bits per heavy atom. The Bertz CT molecular complexity index is 853. The zero-order valence-corrected chi connectivity index (χ0v) is 16.7. The summed E-state index contributed by atoms with van der Waals surface area (Å²) in [6.45, 7) is 6.73. The van der Waals surface area contributed by atoms with E-state index >= 15 is 0 Å². The summed E-state index contributed by atoms with van der Waals surface area (Å²) in [6, 6.07) is 6.01. The first kappa shape index (κ1) is 18.7. The van der Waals surface area contributed by atoms with Crippen LogP contribution in [0.5, 0.6) is 0 Å². The van der Waals surface area contributed by atoms with Crippen LogP contribution < -0.4 is 5.32 Å². The number of aromatic nitrogens is 3. The first-order valence-corrected chi connectivity index (χ1v) is 10.4. The van der Waals surface area contributed by atoms with Gasteiger partial charge in [-0.3, -0.25) is 9.36 Å². The van der Waals surface area contributed by atoms with E-state index in [1.807, 2.05) is 6.07 Å². The summed E-state index contributed by atoms with van der Waals surface area (Å²) in [5.74, 6) is 1.82. The number of hydrogen-bond donors (Lipinski definition) is 1. The van der Waals surface area contributed by atoms with Crippen LogP contribution in [0.15, 0.2) is 39.4 Å². The maximum absolute atomic E-state index is 12.1. The average molecular weight is 391 g/mol. The molecule has 0 radical (unpaired) electrons. The fraction of sp³-hybridized carbons (Fsp3) is 0.389. The third-order valence-corrected chi connectivity index (χ3v) is 5.84. The van der Waals surface area contributed by atoms with Crippen LogP contribution in [-0.2, 0) is 17.8 Å². The summed E-state index contributed by atoms with van der Waals surface area (Å²) in [5.41, 5.74) is 1.09. The molecule has 3 heterocycles. The molecule has 138 valence electrons. The predicted octanol–water partition coefficient (Wildman–Crippen LogP) is 4.15. The number of hydrogen-bond acceptors (Lipinski definition) is 6. The fourth-order valence-electron chi connectivity index (χ4n) is 2.50. The van der Waals surface area contributed by atoms with Crippen molar-refractivity contribution in [2.24, 2.45) is 0 Å². The van der Waals surface area contributed by atoms with Gasteiger partial charge in [0, 0.05) is 21.9 Å². The third kappa shape index (κ3) is 4.37. The molecule has 0 saturated carbocycles. The van der Waals surface area contributed by atoms with Gasteiger partial charge >= 0.3 is 0 Å². The van der Waals surface area contributed by atoms with E-state index in [-0.39, 0.29) is 17.7 Å². The minimum atomic E-state index is -0.0601. The molecular formula is C18H22N4O2S2. The summed E-state index contributed by atoms with van der Waals surface area (Å²) < 4.78 is 7.30. The minimum Gasteiger partial charge on any atom is -0.467 e. The second kappa shape index (κ2) is 8.55. The summed E-state index contributed by atoms with van der Waals surface area (Å²) in [7, 11) is 0. The van der Waals surface area contributed by atoms with Crippen molar-refractivity contribution in [1.29, 1.82) is 0 Å². The van der Waals surface area contributed by atoms with Gasteiger partial charge in [-0.2, -0.15) is 0 Å². The highest BCUT2D eigenvalue weighted by molar-refractivity contribution is 7.99. The monoisotopic (exact) mass is 390 g/mol. The van der Waals surface area contributed by atoms with Crippen LogP contribution in [0.1, 0.15) is 37.5 Å². The van der Waals surface area contributed by atoms with Crippen molar-refractivity contribution >= 4 is 29.0 Å². The Labute approximate surface area is 161 Å². The molecule has 8 heteroatoms. The van der Waals surface area contributed by atoms with E-state index < -0.39 is 0 Å². The highest BCUT2D eigenvalue weighted by Crippen LogP contribution is 2.30. The van der Waals surface area contributed by atoms with E-state index in [0.717, 1.165) is 28.7 Å². The second-order valence-corrected chi connectivity index (χ2v) is 8.01. The number of thioether (sulfide) groups is 1. The quantitative estimate of drug-likeness (QED) is 0.585. The Morgan fingerprint density at radius 1 is 1.42 bits per heavy atom. The van der Waals surface area contributed by atoms with E-state index in [2.05, 4.69) is 52.3 Å². The lowest BCUT2D eigenvalue weighted by molar-refractivity contribution is -0.118. The van der Waals surface area contributed by atoms with Gasteiger partial charge in [-0.15, -0.1) is 21.5 Å². The third-order valence-electron chi connectivity index (χ3n) is 3.81. The molecule has 0 bridgehead atoms. The first-order valence-electron chi connectivity index (χ1n) is 8.53. The Morgan fingerprint density at radius 3 is 2.92 bits per heavy atom. The summed E-state index contributed by atoms with van der Waals surface area (Å²) in [5, 5.41) is 14.4. The summed E-state index contributed by atoms with van der Waals surface area (Å²) >= 11 is 3.14. The van der Waals surface area contributed by atoms with Gasteiger partial charge in [0.05, 0.1) is 18.6 Å². The van der Waals surface area contributed by atoms with Crippen molar-refractivity contribution in [3.63, 3.8) is 0 Å². The van der Waals surface area contributed by atoms with Crippen LogP contribution in [0.3, 0.4) is 0 Å². The smallest absolute Gasteiger partial charge is 0.230 e. The van der Waals surface area contributed by atoms with Gasteiger partial charge in [-0.1, -0.05) is 18.7 Å². The highest BCUT2D eigenvalue weighted by Gasteiger charge is 2.18. The Balaban J connectivity index is 1.66. The fourth-order valence-corrected chi connectivity index (χ4v) is 4.21. The SMILES string of the molecule is CCc1cc(-c2nnc(SCC(=O)NCc3ccco3)n2C(C)C)cs1. The molecule has 3 rings (SSSR count). The van der Waals surface area contributed by atoms with Crippen LogP contribution in [0.2, 0.25) is 0 Å². The Kier molecular flexibility index (Phi) is 6.16. The van der Waals surface area contributed by atoms with Gasteiger partial charge in [0.2, 0.25) is 5.91 Å². The number of carbonyl (C=O) groups is 1. The maximum Gasteiger partial charge on any atom is 0.230 e. The molecule has 1 N–H and O–H groups in total. The topological polar surface area (TPSA) is 73.0 Å². The molecular weight excluding hydrogens is 368 g/mol. The van der Waals surface area contributed by atoms with Crippen LogP contribution in [0.4, 0.5) is 0 Å². The average Bonchev–Trinajstić information content (AvgIpc) is 3.37. The van der Waals surface area contributed by atoms with E-state index in [1.54, 1.807) is 23.7 Å². The molecule has 0 aliphatic heterocycles. The largest absolute Gasteiger partial charge is 0.467 e. The van der Waals surface area contributed by atoms with Gasteiger partial charge in [-0.05, 0) is 38.5 Å². The number of nitrogens with zero attached hydrogens (tertiary/aromatic N) is 3. The lowest BCUT2D eigenvalue weighted by Crippen LogP contribution is -2.24. The minimum absolute atomic E-state index is 0.0601. The molecule has 0 aliphatic carbocycles. The molecule has 0 saturated heterocycles. The van der Waals surface area contributed by atoms with Crippen molar-refractivity contribution in [1.82, 2.24) is 20.1 Å². The molecule has 0 atom stereocenters. The van der Waals surface area contributed by atoms with Gasteiger partial charge in [-0.25, -0.2) is 0 Å². The van der Waals surface area contributed by atoms with Crippen LogP contribution in [0.25, 0.3) is 11.4 Å². The predicted molar refractivity (Wildman–Crippen MR) is 104 cm³/mol. The van der Waals surface area contributed by atoms with E-state index in [4.69, 9.17) is 4.42 Å². The molecule has 0 spiro atoms. The molecule has 3 aromatic rings. The summed E-state index contributed by atoms with van der Waals surface area (Å²) in [6.07, 6.45) is 2.61. The van der Waals surface area contributed by atoms with E-state index in [0.29, 0.717) is 6.54 Å². The van der Waals surface area contributed by atoms with Crippen LogP contribution in [0, 0.1) is 0 Å². The first-order chi connectivity index (χ1) is 12.6. The van der Waals surface area contributed by atoms with Crippen molar-refractivity contribution in [2.75, 3.05) is 5.75 Å². The lowest BCUT2D eigenvalue weighted by Gasteiger charge is -2.13. The Hall–Kier alpha value is -2.06. The number of rotatable bonds is 8. The van der Waals surface area contributed by atoms with Crippen molar-refractivity contribution in [3.8, 4) is 11.4 Å². The lowest BCUT2D eigenvalue weighted by atomic mass is 10.2. The standard InChI is InChI=1S/C18H22N4O2S2/c1-4-15-8-13(10-25-15)17-20-21-18(22(17)12(2)3)26-11-16(23)19-9-14-6-5-7-24-14/h5-8,10,12H,4,9,11H2,1-3H3,(H,19,23). The van der Waals surface area contributed by atoms with Crippen LogP contribution in [-0.4, -0.2) is 26.4 Å². The summed E-state index contributed by atoms with van der Waals surface area (Å²) in [4.78, 5) is 13.4. The number of nitrogens with one attached hydrogen (secondary N) is 1. The number of amides is 1. The molecule has 0 aliphatic rings. The molecule has 0 fully saturated rings. The number of aryl methyl sites for hydroxylation is 1. The van der Waals surface area contributed by atoms with Crippen molar-refractivity contribution in [3.05, 3.63) is 40.5 Å². The van der Waals surface area contributed by atoms with E-state index in [1.165, 1.54) is 16.6 Å². The molecule has 3 aromatic heterocycles. The second-order valence-electron chi connectivity index (χ2n) is 6.07. The van der Waals surface area contributed by atoms with Gasteiger partial charge < -0.3 is 9.73 Å². The molecule has 0 aromatic carbocycles. The number of furan rings is 1. The maximum atomic E-state index is 12.1. The van der Waals surface area contributed by atoms with Crippen molar-refractivity contribution in [2.45, 2.75) is 44.9 Å². The van der Waals surface area contributed by atoms with Gasteiger partial charge in [0.1, 0.15) is 5.76 Å². The van der Waals surface area contributed by atoms with Crippen LogP contribution >= 0.6 is 23.1 Å².